The normalized spacial score (nSPS) is 11.3. The van der Waals surface area contributed by atoms with Gasteiger partial charge in [0.2, 0.25) is 0 Å². The minimum absolute atomic E-state index is 0.594. The Labute approximate surface area is 90.5 Å². The monoisotopic (exact) mass is 204 g/mol. The molecule has 0 fully saturated rings. The molecule has 3 nitrogen and oxygen atoms in total. The lowest BCUT2D eigenvalue weighted by molar-refractivity contribution is 0.230. The van der Waals surface area contributed by atoms with Crippen LogP contribution in [-0.4, -0.2) is 10.7 Å². The number of aromatic nitrogens is 1. The first-order valence-corrected chi connectivity index (χ1v) is 4.85. The van der Waals surface area contributed by atoms with Crippen LogP contribution in [0.1, 0.15) is 25.1 Å². The Balaban J connectivity index is 2.58. The summed E-state index contributed by atoms with van der Waals surface area (Å²) in [6.07, 6.45) is 2.61. The molecule has 0 atom stereocenters. The maximum atomic E-state index is 4.97. The number of hydrogen-bond donors (Lipinski definition) is 0. The number of hydrogen-bond acceptors (Lipinski definition) is 3. The third-order valence-corrected chi connectivity index (χ3v) is 1.79. The van der Waals surface area contributed by atoms with Crippen molar-refractivity contribution in [3.8, 4) is 0 Å². The lowest BCUT2D eigenvalue weighted by atomic mass is 10.1. The highest BCUT2D eigenvalue weighted by atomic mass is 16.6. The molecule has 0 saturated heterocycles. The van der Waals surface area contributed by atoms with Gasteiger partial charge in [0.25, 0.3) is 0 Å². The van der Waals surface area contributed by atoms with Gasteiger partial charge in [-0.1, -0.05) is 17.8 Å². The number of allylic oxidation sites excluding steroid dienone is 1. The molecule has 0 aliphatic heterocycles. The first-order chi connectivity index (χ1) is 7.08. The zero-order valence-electron chi connectivity index (χ0n) is 9.45. The summed E-state index contributed by atoms with van der Waals surface area (Å²) in [7, 11) is 0. The predicted molar refractivity (Wildman–Crippen MR) is 61.7 cm³/mol. The summed E-state index contributed by atoms with van der Waals surface area (Å²) in [6.45, 7) is 9.26. The largest absolute Gasteiger partial charge is 0.362 e. The van der Waals surface area contributed by atoms with Crippen LogP contribution < -0.4 is 0 Å². The lowest BCUT2D eigenvalue weighted by Crippen LogP contribution is -1.99. The molecular formula is C12H16N2O. The number of aryl methyl sites for hydroxylation is 1. The third kappa shape index (κ3) is 4.40. The number of oxime groups is 1. The van der Waals surface area contributed by atoms with Gasteiger partial charge >= 0.3 is 0 Å². The van der Waals surface area contributed by atoms with E-state index in [-0.39, 0.29) is 0 Å². The van der Waals surface area contributed by atoms with Crippen molar-refractivity contribution in [3.63, 3.8) is 0 Å². The second-order valence-electron chi connectivity index (χ2n) is 3.60. The average molecular weight is 204 g/mol. The van der Waals surface area contributed by atoms with Crippen LogP contribution in [0.4, 0.5) is 0 Å². The molecule has 0 aromatic carbocycles. The van der Waals surface area contributed by atoms with Gasteiger partial charge in [0.05, 0.1) is 5.71 Å². The van der Waals surface area contributed by atoms with Crippen molar-refractivity contribution in [1.82, 2.24) is 4.98 Å². The fourth-order valence-corrected chi connectivity index (χ4v) is 1.09. The predicted octanol–water partition coefficient (Wildman–Crippen LogP) is 2.86. The molecule has 0 bridgehead atoms. The second-order valence-corrected chi connectivity index (χ2v) is 3.60. The molecule has 0 aliphatic carbocycles. The highest BCUT2D eigenvalue weighted by molar-refractivity contribution is 5.83. The van der Waals surface area contributed by atoms with Crippen LogP contribution in [0.3, 0.4) is 0 Å². The quantitative estimate of drug-likeness (QED) is 0.429. The first kappa shape index (κ1) is 11.4. The van der Waals surface area contributed by atoms with Crippen molar-refractivity contribution in [2.24, 2.45) is 5.16 Å². The Morgan fingerprint density at radius 3 is 2.73 bits per heavy atom. The second kappa shape index (κ2) is 5.29. The molecule has 15 heavy (non-hydrogen) atoms. The number of nitrogens with zero attached hydrogens (tertiary/aromatic N) is 2. The van der Waals surface area contributed by atoms with Gasteiger partial charge in [0.15, 0.2) is 0 Å². The van der Waals surface area contributed by atoms with Crippen LogP contribution in [0.25, 0.3) is 0 Å². The summed E-state index contributed by atoms with van der Waals surface area (Å²) < 4.78 is 0. The van der Waals surface area contributed by atoms with Crippen LogP contribution in [-0.2, 0) is 11.3 Å². The van der Waals surface area contributed by atoms with Crippen LogP contribution in [0, 0.1) is 6.92 Å². The van der Waals surface area contributed by atoms with Gasteiger partial charge in [-0.05, 0) is 32.4 Å². The summed E-state index contributed by atoms with van der Waals surface area (Å²) >= 11 is 0. The molecule has 0 N–H and O–H groups in total. The highest BCUT2D eigenvalue weighted by Gasteiger charge is 1.97. The van der Waals surface area contributed by atoms with Crippen molar-refractivity contribution >= 4 is 5.71 Å². The zero-order chi connectivity index (χ0) is 11.3. The Bertz CT molecular complexity index is 366. The van der Waals surface area contributed by atoms with Gasteiger partial charge in [-0.25, -0.2) is 0 Å². The molecule has 0 radical (unpaired) electrons. The van der Waals surface area contributed by atoms with E-state index in [2.05, 4.69) is 16.7 Å². The minimum Gasteiger partial charge on any atom is -0.362 e. The van der Waals surface area contributed by atoms with Crippen LogP contribution in [0.5, 0.6) is 0 Å². The van der Waals surface area contributed by atoms with E-state index in [1.165, 1.54) is 0 Å². The van der Waals surface area contributed by atoms with E-state index < -0.39 is 0 Å². The molecule has 1 rings (SSSR count). The number of pyridine rings is 1. The van der Waals surface area contributed by atoms with E-state index in [1.54, 1.807) is 6.92 Å². The molecule has 0 amide bonds. The van der Waals surface area contributed by atoms with E-state index >= 15 is 0 Å². The van der Waals surface area contributed by atoms with Crippen molar-refractivity contribution in [2.75, 3.05) is 0 Å². The molecular weight excluding hydrogens is 188 g/mol. The van der Waals surface area contributed by atoms with Crippen molar-refractivity contribution in [2.45, 2.75) is 27.2 Å². The van der Waals surface area contributed by atoms with E-state index in [1.807, 2.05) is 32.2 Å². The summed E-state index contributed by atoms with van der Waals surface area (Å²) in [6, 6.07) is 4.03. The van der Waals surface area contributed by atoms with E-state index in [4.69, 9.17) is 4.84 Å². The fraction of sp³-hybridized carbons (Fsp3) is 0.333. The van der Waals surface area contributed by atoms with E-state index in [9.17, 15) is 0 Å². The summed E-state index contributed by atoms with van der Waals surface area (Å²) in [5, 5.41) is 3.93. The maximum absolute atomic E-state index is 4.97. The SMILES string of the molecule is C=C(C)O/N=C(/C)Cc1ccc(C)nc1. The molecule has 1 aromatic rings. The smallest absolute Gasteiger partial charge is 0.124 e. The zero-order valence-corrected chi connectivity index (χ0v) is 9.45. The first-order valence-electron chi connectivity index (χ1n) is 4.85. The van der Waals surface area contributed by atoms with Gasteiger partial charge < -0.3 is 4.84 Å². The topological polar surface area (TPSA) is 34.5 Å². The molecule has 0 unspecified atom stereocenters. The van der Waals surface area contributed by atoms with Gasteiger partial charge in [-0.2, -0.15) is 0 Å². The van der Waals surface area contributed by atoms with Crippen LogP contribution >= 0.6 is 0 Å². The van der Waals surface area contributed by atoms with Gasteiger partial charge in [0, 0.05) is 18.3 Å². The Morgan fingerprint density at radius 2 is 2.20 bits per heavy atom. The fourth-order valence-electron chi connectivity index (χ4n) is 1.09. The third-order valence-electron chi connectivity index (χ3n) is 1.79. The van der Waals surface area contributed by atoms with Crippen molar-refractivity contribution in [1.29, 1.82) is 0 Å². The van der Waals surface area contributed by atoms with E-state index in [0.29, 0.717) is 5.76 Å². The molecule has 0 saturated carbocycles. The van der Waals surface area contributed by atoms with E-state index in [0.717, 1.165) is 23.4 Å². The van der Waals surface area contributed by atoms with Crippen molar-refractivity contribution < 1.29 is 4.84 Å². The standard InChI is InChI=1S/C12H16N2O/c1-9(2)15-14-11(4)7-12-6-5-10(3)13-8-12/h5-6,8H,1,7H2,2-4H3/b14-11-. The number of rotatable bonds is 4. The highest BCUT2D eigenvalue weighted by Crippen LogP contribution is 2.02. The minimum atomic E-state index is 0.594. The summed E-state index contributed by atoms with van der Waals surface area (Å²) in [5.41, 5.74) is 3.06. The average Bonchev–Trinajstić information content (AvgIpc) is 2.19. The van der Waals surface area contributed by atoms with Crippen LogP contribution in [0.2, 0.25) is 0 Å². The maximum Gasteiger partial charge on any atom is 0.124 e. The molecule has 3 heteroatoms. The Morgan fingerprint density at radius 1 is 1.47 bits per heavy atom. The Hall–Kier alpha value is -1.64. The van der Waals surface area contributed by atoms with Crippen LogP contribution in [0.15, 0.2) is 35.8 Å². The Kier molecular flexibility index (Phi) is 4.03. The molecule has 1 aromatic heterocycles. The van der Waals surface area contributed by atoms with Gasteiger partial charge in [-0.3, -0.25) is 4.98 Å². The lowest BCUT2D eigenvalue weighted by Gasteiger charge is -2.01. The van der Waals surface area contributed by atoms with Gasteiger partial charge in [0.1, 0.15) is 5.76 Å². The summed E-state index contributed by atoms with van der Waals surface area (Å²) in [5.74, 6) is 0.594. The molecule has 1 heterocycles. The molecule has 0 aliphatic rings. The molecule has 80 valence electrons. The van der Waals surface area contributed by atoms with Crippen molar-refractivity contribution in [3.05, 3.63) is 41.9 Å². The van der Waals surface area contributed by atoms with Gasteiger partial charge in [-0.15, -0.1) is 0 Å². The molecule has 0 spiro atoms. The summed E-state index contributed by atoms with van der Waals surface area (Å²) in [4.78, 5) is 9.19.